The van der Waals surface area contributed by atoms with Crippen molar-refractivity contribution in [2.45, 2.75) is 117 Å². The summed E-state index contributed by atoms with van der Waals surface area (Å²) in [5.41, 5.74) is 2.34. The SMILES string of the molecule is CO/N=C1/CC[C@@]2(C)[C@H](CC[C@@H]3[C@@H]2CC[C@@]2(C)[C@H]3CC[C@]2(O[Si](C)(C)C)/C(CO[Si](C)(C)C)=N/OC)C1. The average molecular weight is 551 g/mol. The molecule has 4 aliphatic rings. The van der Waals surface area contributed by atoms with E-state index >= 15 is 0 Å². The van der Waals surface area contributed by atoms with Gasteiger partial charge in [-0.1, -0.05) is 24.2 Å². The predicted molar refractivity (Wildman–Crippen MR) is 157 cm³/mol. The lowest BCUT2D eigenvalue weighted by atomic mass is 9.44. The van der Waals surface area contributed by atoms with Crippen molar-refractivity contribution in [3.8, 4) is 0 Å². The second kappa shape index (κ2) is 10.4. The van der Waals surface area contributed by atoms with E-state index in [0.29, 0.717) is 17.9 Å². The van der Waals surface area contributed by atoms with Crippen molar-refractivity contribution < 1.29 is 18.5 Å². The number of hydrogen-bond donors (Lipinski definition) is 0. The Morgan fingerprint density at radius 2 is 1.57 bits per heavy atom. The lowest BCUT2D eigenvalue weighted by molar-refractivity contribution is -0.122. The number of nitrogens with zero attached hydrogens (tertiary/aromatic N) is 2. The topological polar surface area (TPSA) is 61.6 Å². The van der Waals surface area contributed by atoms with E-state index in [1.807, 2.05) is 0 Å². The molecule has 0 N–H and O–H groups in total. The van der Waals surface area contributed by atoms with Crippen LogP contribution in [0, 0.1) is 34.5 Å². The summed E-state index contributed by atoms with van der Waals surface area (Å²) < 4.78 is 13.8. The highest BCUT2D eigenvalue weighted by Crippen LogP contribution is 2.69. The van der Waals surface area contributed by atoms with Gasteiger partial charge in [-0.3, -0.25) is 0 Å². The van der Waals surface area contributed by atoms with Crippen molar-refractivity contribution in [2.75, 3.05) is 20.8 Å². The van der Waals surface area contributed by atoms with Crippen LogP contribution in [0.1, 0.15) is 71.6 Å². The number of fused-ring (bicyclic) bond motifs is 5. The molecule has 0 saturated heterocycles. The lowest BCUT2D eigenvalue weighted by Crippen LogP contribution is -2.62. The molecule has 0 aromatic heterocycles. The fraction of sp³-hybridized carbons (Fsp3) is 0.931. The molecular weight excluding hydrogens is 497 g/mol. The summed E-state index contributed by atoms with van der Waals surface area (Å²) in [4.78, 5) is 10.7. The largest absolute Gasteiger partial charge is 0.412 e. The molecule has 0 radical (unpaired) electrons. The van der Waals surface area contributed by atoms with Gasteiger partial charge >= 0.3 is 0 Å². The fourth-order valence-corrected chi connectivity index (χ4v) is 11.2. The number of hydrogen-bond acceptors (Lipinski definition) is 6. The molecule has 37 heavy (non-hydrogen) atoms. The molecule has 0 aromatic carbocycles. The third-order valence-electron chi connectivity index (χ3n) is 10.6. The van der Waals surface area contributed by atoms with Crippen LogP contribution in [0.25, 0.3) is 0 Å². The Balaban J connectivity index is 1.68. The molecule has 7 atom stereocenters. The van der Waals surface area contributed by atoms with Crippen LogP contribution in [0.5, 0.6) is 0 Å². The van der Waals surface area contributed by atoms with Gasteiger partial charge < -0.3 is 18.5 Å². The highest BCUT2D eigenvalue weighted by Gasteiger charge is 2.67. The zero-order valence-electron chi connectivity index (χ0n) is 25.4. The molecule has 0 bridgehead atoms. The van der Waals surface area contributed by atoms with Crippen molar-refractivity contribution in [2.24, 2.45) is 44.8 Å². The Bertz CT molecular complexity index is 897. The normalized spacial score (nSPS) is 41.7. The Morgan fingerprint density at radius 3 is 2.19 bits per heavy atom. The molecule has 0 aromatic rings. The first-order valence-electron chi connectivity index (χ1n) is 14.7. The van der Waals surface area contributed by atoms with E-state index in [9.17, 15) is 0 Å². The van der Waals surface area contributed by atoms with Gasteiger partial charge in [-0.25, -0.2) is 0 Å². The highest BCUT2D eigenvalue weighted by atomic mass is 28.4. The van der Waals surface area contributed by atoms with E-state index in [1.165, 1.54) is 44.2 Å². The minimum absolute atomic E-state index is 0.0507. The maximum Gasteiger partial charge on any atom is 0.185 e. The van der Waals surface area contributed by atoms with Gasteiger partial charge in [0.25, 0.3) is 0 Å². The zero-order valence-corrected chi connectivity index (χ0v) is 27.4. The van der Waals surface area contributed by atoms with Crippen molar-refractivity contribution >= 4 is 28.1 Å². The maximum atomic E-state index is 7.33. The molecule has 0 spiro atoms. The van der Waals surface area contributed by atoms with Gasteiger partial charge in [0.15, 0.2) is 16.6 Å². The minimum atomic E-state index is -1.89. The Morgan fingerprint density at radius 1 is 0.865 bits per heavy atom. The van der Waals surface area contributed by atoms with Crippen molar-refractivity contribution in [1.29, 1.82) is 0 Å². The molecule has 212 valence electrons. The van der Waals surface area contributed by atoms with E-state index in [-0.39, 0.29) is 5.41 Å². The summed E-state index contributed by atoms with van der Waals surface area (Å²) in [5, 5.41) is 9.07. The molecule has 4 fully saturated rings. The molecule has 8 heteroatoms. The van der Waals surface area contributed by atoms with E-state index in [4.69, 9.17) is 23.7 Å². The van der Waals surface area contributed by atoms with Crippen molar-refractivity contribution in [3.05, 3.63) is 0 Å². The third kappa shape index (κ3) is 5.38. The third-order valence-corrected chi connectivity index (χ3v) is 12.6. The first-order chi connectivity index (χ1) is 17.2. The molecular formula is C29H54N2O4Si2. The van der Waals surface area contributed by atoms with Crippen LogP contribution in [0.3, 0.4) is 0 Å². The van der Waals surface area contributed by atoms with Gasteiger partial charge in [0.2, 0.25) is 0 Å². The van der Waals surface area contributed by atoms with E-state index < -0.39 is 22.2 Å². The molecule has 0 unspecified atom stereocenters. The van der Waals surface area contributed by atoms with Gasteiger partial charge in [-0.05, 0) is 126 Å². The number of oxime groups is 2. The van der Waals surface area contributed by atoms with Gasteiger partial charge in [0.05, 0.1) is 12.3 Å². The predicted octanol–water partition coefficient (Wildman–Crippen LogP) is 7.48. The Hall–Kier alpha value is -0.706. The zero-order chi connectivity index (χ0) is 27.3. The molecule has 4 rings (SSSR count). The van der Waals surface area contributed by atoms with Crippen LogP contribution in [-0.2, 0) is 18.5 Å². The Labute approximate surface area is 228 Å². The molecule has 4 saturated carbocycles. The minimum Gasteiger partial charge on any atom is -0.412 e. The molecule has 0 heterocycles. The van der Waals surface area contributed by atoms with Gasteiger partial charge in [0, 0.05) is 5.41 Å². The van der Waals surface area contributed by atoms with Gasteiger partial charge in [0.1, 0.15) is 25.5 Å². The maximum absolute atomic E-state index is 7.33. The van der Waals surface area contributed by atoms with Crippen LogP contribution >= 0.6 is 0 Å². The first-order valence-corrected chi connectivity index (χ1v) is 21.5. The quantitative estimate of drug-likeness (QED) is 0.179. The standard InChI is InChI=1S/C29H54N2O4Si2/c1-27-16-13-22(30-32-3)19-21(27)11-12-23-24(27)14-17-28(2)25(23)15-18-29(28,35-37(8,9)10)26(31-33-4)20-34-36(5,6)7/h21,23-25H,11-20H2,1-10H3/b30-22-,31-26+/t21-,23-,24+,25+,27+,28+,29+/m1/s1. The molecule has 4 aliphatic carbocycles. The smallest absolute Gasteiger partial charge is 0.185 e. The van der Waals surface area contributed by atoms with Gasteiger partial charge in [-0.15, -0.1) is 0 Å². The number of rotatable bonds is 8. The summed E-state index contributed by atoms with van der Waals surface area (Å²) in [7, 11) is -0.260. The molecule has 0 aliphatic heterocycles. The van der Waals surface area contributed by atoms with E-state index in [2.05, 4.69) is 58.3 Å². The monoisotopic (exact) mass is 550 g/mol. The summed E-state index contributed by atoms with van der Waals surface area (Å²) in [5.74, 6) is 2.94. The molecule has 0 amide bonds. The van der Waals surface area contributed by atoms with Crippen LogP contribution in [-0.4, -0.2) is 54.5 Å². The van der Waals surface area contributed by atoms with E-state index in [0.717, 1.165) is 42.7 Å². The van der Waals surface area contributed by atoms with E-state index in [1.54, 1.807) is 14.2 Å². The fourth-order valence-electron chi connectivity index (χ4n) is 9.11. The van der Waals surface area contributed by atoms with Gasteiger partial charge in [-0.2, -0.15) is 0 Å². The summed E-state index contributed by atoms with van der Waals surface area (Å²) in [6, 6.07) is 0. The van der Waals surface area contributed by atoms with Crippen LogP contribution in [0.4, 0.5) is 0 Å². The summed E-state index contributed by atoms with van der Waals surface area (Å²) >= 11 is 0. The first kappa shape index (κ1) is 29.3. The second-order valence-electron chi connectivity index (χ2n) is 14.9. The average Bonchev–Trinajstić information content (AvgIpc) is 3.08. The highest BCUT2D eigenvalue weighted by molar-refractivity contribution is 6.70. The van der Waals surface area contributed by atoms with Crippen molar-refractivity contribution in [1.82, 2.24) is 0 Å². The van der Waals surface area contributed by atoms with Crippen LogP contribution in [0.2, 0.25) is 39.3 Å². The molecule has 6 nitrogen and oxygen atoms in total. The summed E-state index contributed by atoms with van der Waals surface area (Å²) in [6.45, 7) is 19.4. The Kier molecular flexibility index (Phi) is 8.20. The lowest BCUT2D eigenvalue weighted by Gasteiger charge is -2.62. The summed E-state index contributed by atoms with van der Waals surface area (Å²) in [6.07, 6.45) is 10.8. The second-order valence-corrected chi connectivity index (χ2v) is 23.8. The van der Waals surface area contributed by atoms with Crippen LogP contribution < -0.4 is 0 Å². The van der Waals surface area contributed by atoms with Crippen LogP contribution in [0.15, 0.2) is 10.3 Å². The van der Waals surface area contributed by atoms with Crippen molar-refractivity contribution in [3.63, 3.8) is 0 Å².